The summed E-state index contributed by atoms with van der Waals surface area (Å²) in [4.78, 5) is 0. The summed E-state index contributed by atoms with van der Waals surface area (Å²) in [5.41, 5.74) is 0.455. The number of rotatable bonds is 0. The number of aromatic nitrogens is 1. The van der Waals surface area contributed by atoms with Gasteiger partial charge >= 0.3 is 0 Å². The molecule has 0 aliphatic heterocycles. The third-order valence-electron chi connectivity index (χ3n) is 0.646. The molecule has 40 valence electrons. The first-order valence-electron chi connectivity index (χ1n) is 1.84. The summed E-state index contributed by atoms with van der Waals surface area (Å²) in [5.74, 6) is 0. The number of nitriles is 1. The highest BCUT2D eigenvalue weighted by molar-refractivity contribution is 7.04. The molecule has 0 aliphatic rings. The fourth-order valence-electron chi connectivity index (χ4n) is 0.296. The van der Waals surface area contributed by atoms with Gasteiger partial charge in [-0.1, -0.05) is 11.6 Å². The Kier molecular flexibility index (Phi) is 1.47. The Morgan fingerprint density at radius 1 is 1.88 bits per heavy atom. The van der Waals surface area contributed by atoms with E-state index in [-0.39, 0.29) is 0 Å². The highest BCUT2D eigenvalue weighted by Crippen LogP contribution is 2.13. The van der Waals surface area contributed by atoms with Crippen molar-refractivity contribution >= 4 is 23.1 Å². The van der Waals surface area contributed by atoms with Crippen molar-refractivity contribution in [2.45, 2.75) is 0 Å². The van der Waals surface area contributed by atoms with E-state index in [1.807, 2.05) is 6.07 Å². The van der Waals surface area contributed by atoms with Gasteiger partial charge in [-0.05, 0) is 11.5 Å². The van der Waals surface area contributed by atoms with Crippen molar-refractivity contribution in [3.05, 3.63) is 16.1 Å². The molecule has 2 nitrogen and oxygen atoms in total. The average Bonchev–Trinajstić information content (AvgIpc) is 2.14. The van der Waals surface area contributed by atoms with E-state index in [1.165, 1.54) is 11.5 Å². The lowest BCUT2D eigenvalue weighted by atomic mass is 10.4. The molecular weight excluding hydrogens is 144 g/mol. The first-order chi connectivity index (χ1) is 3.84. The standard InChI is InChI=1S/C4HClN2S/c5-4-3(1-6)2-8-7-4/h2H. The van der Waals surface area contributed by atoms with Gasteiger partial charge in [0.1, 0.15) is 11.6 Å². The zero-order chi connectivity index (χ0) is 5.98. The van der Waals surface area contributed by atoms with Gasteiger partial charge in [0.05, 0.1) is 0 Å². The first kappa shape index (κ1) is 5.54. The van der Waals surface area contributed by atoms with E-state index in [0.717, 1.165) is 0 Å². The third kappa shape index (κ3) is 0.808. The molecule has 8 heavy (non-hydrogen) atoms. The molecule has 4 heteroatoms. The van der Waals surface area contributed by atoms with Gasteiger partial charge in [0.15, 0.2) is 5.15 Å². The molecular formula is C4HClN2S. The summed E-state index contributed by atoms with van der Waals surface area (Å²) < 4.78 is 3.67. The SMILES string of the molecule is N#Cc1csnc1Cl. The maximum atomic E-state index is 8.24. The van der Waals surface area contributed by atoms with Crippen LogP contribution in [0.2, 0.25) is 5.15 Å². The molecule has 0 aliphatic carbocycles. The zero-order valence-corrected chi connectivity index (χ0v) is 5.33. The van der Waals surface area contributed by atoms with Crippen molar-refractivity contribution < 1.29 is 0 Å². The lowest BCUT2D eigenvalue weighted by Gasteiger charge is -1.71. The molecule has 0 amide bonds. The molecule has 0 N–H and O–H groups in total. The summed E-state index contributed by atoms with van der Waals surface area (Å²) in [5, 5.41) is 10.2. The minimum atomic E-state index is 0.303. The van der Waals surface area contributed by atoms with Crippen molar-refractivity contribution in [2.75, 3.05) is 0 Å². The van der Waals surface area contributed by atoms with Crippen LogP contribution in [-0.4, -0.2) is 4.37 Å². The first-order valence-corrected chi connectivity index (χ1v) is 3.06. The van der Waals surface area contributed by atoms with Gasteiger partial charge in [-0.15, -0.1) is 0 Å². The highest BCUT2D eigenvalue weighted by Gasteiger charge is 1.97. The van der Waals surface area contributed by atoms with Gasteiger partial charge in [-0.25, -0.2) is 0 Å². The molecule has 0 saturated heterocycles. The van der Waals surface area contributed by atoms with Crippen LogP contribution >= 0.6 is 23.1 Å². The van der Waals surface area contributed by atoms with E-state index < -0.39 is 0 Å². The molecule has 0 spiro atoms. The Morgan fingerprint density at radius 3 is 2.88 bits per heavy atom. The monoisotopic (exact) mass is 144 g/mol. The van der Waals surface area contributed by atoms with Gasteiger partial charge < -0.3 is 0 Å². The minimum Gasteiger partial charge on any atom is -0.192 e. The number of hydrogen-bond acceptors (Lipinski definition) is 3. The Balaban J connectivity index is 3.15. The maximum absolute atomic E-state index is 8.24. The molecule has 0 atom stereocenters. The van der Waals surface area contributed by atoms with Crippen LogP contribution in [0.4, 0.5) is 0 Å². The molecule has 1 aromatic rings. The van der Waals surface area contributed by atoms with Crippen LogP contribution in [0, 0.1) is 11.3 Å². The largest absolute Gasteiger partial charge is 0.192 e. The van der Waals surface area contributed by atoms with E-state index in [9.17, 15) is 0 Å². The predicted octanol–water partition coefficient (Wildman–Crippen LogP) is 1.67. The number of hydrogen-bond donors (Lipinski definition) is 0. The van der Waals surface area contributed by atoms with Crippen LogP contribution in [0.5, 0.6) is 0 Å². The Bertz CT molecular complexity index is 224. The Hall–Kier alpha value is -0.590. The third-order valence-corrected chi connectivity index (χ3v) is 1.66. The smallest absolute Gasteiger partial charge is 0.160 e. The number of nitrogens with zero attached hydrogens (tertiary/aromatic N) is 2. The van der Waals surface area contributed by atoms with Crippen LogP contribution in [0.15, 0.2) is 5.38 Å². The van der Waals surface area contributed by atoms with Gasteiger partial charge in [-0.3, -0.25) is 0 Å². The van der Waals surface area contributed by atoms with Crippen LogP contribution in [0.1, 0.15) is 5.56 Å². The topological polar surface area (TPSA) is 36.7 Å². The molecule has 0 fully saturated rings. The summed E-state index contributed by atoms with van der Waals surface area (Å²) in [7, 11) is 0. The van der Waals surface area contributed by atoms with Crippen molar-refractivity contribution in [3.8, 4) is 6.07 Å². The molecule has 0 bridgehead atoms. The number of halogens is 1. The van der Waals surface area contributed by atoms with E-state index in [4.69, 9.17) is 16.9 Å². The second-order valence-corrected chi connectivity index (χ2v) is 2.12. The summed E-state index contributed by atoms with van der Waals surface area (Å²) in [6, 6.07) is 1.89. The lowest BCUT2D eigenvalue weighted by Crippen LogP contribution is -1.64. The maximum Gasteiger partial charge on any atom is 0.160 e. The van der Waals surface area contributed by atoms with E-state index >= 15 is 0 Å². The Labute approximate surface area is 55.5 Å². The van der Waals surface area contributed by atoms with Gasteiger partial charge in [-0.2, -0.15) is 9.64 Å². The summed E-state index contributed by atoms with van der Waals surface area (Å²) >= 11 is 6.60. The van der Waals surface area contributed by atoms with E-state index in [2.05, 4.69) is 4.37 Å². The zero-order valence-electron chi connectivity index (χ0n) is 3.76. The minimum absolute atomic E-state index is 0.303. The normalized spacial score (nSPS) is 8.50. The highest BCUT2D eigenvalue weighted by atomic mass is 35.5. The molecule has 1 heterocycles. The van der Waals surface area contributed by atoms with Crippen LogP contribution in [0.3, 0.4) is 0 Å². The van der Waals surface area contributed by atoms with Crippen LogP contribution in [0.25, 0.3) is 0 Å². The molecule has 0 radical (unpaired) electrons. The van der Waals surface area contributed by atoms with Crippen molar-refractivity contribution in [2.24, 2.45) is 0 Å². The quantitative estimate of drug-likeness (QED) is 0.556. The fraction of sp³-hybridized carbons (Fsp3) is 0. The van der Waals surface area contributed by atoms with E-state index in [0.29, 0.717) is 10.7 Å². The lowest BCUT2D eigenvalue weighted by molar-refractivity contribution is 1.47. The van der Waals surface area contributed by atoms with Crippen molar-refractivity contribution in [3.63, 3.8) is 0 Å². The van der Waals surface area contributed by atoms with Gasteiger partial charge in [0.2, 0.25) is 0 Å². The molecule has 0 saturated carbocycles. The summed E-state index contributed by atoms with van der Waals surface area (Å²) in [6.45, 7) is 0. The van der Waals surface area contributed by atoms with Crippen LogP contribution < -0.4 is 0 Å². The summed E-state index contributed by atoms with van der Waals surface area (Å²) in [6.07, 6.45) is 0. The second-order valence-electron chi connectivity index (χ2n) is 1.13. The van der Waals surface area contributed by atoms with Crippen molar-refractivity contribution in [1.29, 1.82) is 5.26 Å². The van der Waals surface area contributed by atoms with Crippen LogP contribution in [-0.2, 0) is 0 Å². The average molecular weight is 145 g/mol. The van der Waals surface area contributed by atoms with Crippen molar-refractivity contribution in [1.82, 2.24) is 4.37 Å². The van der Waals surface area contributed by atoms with E-state index in [1.54, 1.807) is 5.38 Å². The van der Waals surface area contributed by atoms with Gasteiger partial charge in [0, 0.05) is 5.38 Å². The fourth-order valence-corrected chi connectivity index (χ4v) is 1.09. The van der Waals surface area contributed by atoms with Gasteiger partial charge in [0.25, 0.3) is 0 Å². The predicted molar refractivity (Wildman–Crippen MR) is 31.8 cm³/mol. The molecule has 0 aromatic carbocycles. The Morgan fingerprint density at radius 2 is 2.62 bits per heavy atom. The molecule has 1 aromatic heterocycles. The molecule has 1 rings (SSSR count). The second kappa shape index (κ2) is 2.12. The molecule has 0 unspecified atom stereocenters.